The largest absolute Gasteiger partial charge is 0.390 e. The van der Waals surface area contributed by atoms with Crippen molar-refractivity contribution in [1.82, 2.24) is 0 Å². The molecule has 0 aliphatic heterocycles. The molecule has 0 spiro atoms. The minimum Gasteiger partial charge on any atom is -0.390 e. The van der Waals surface area contributed by atoms with E-state index in [0.717, 1.165) is 25.7 Å². The third kappa shape index (κ3) is 2.45. The summed E-state index contributed by atoms with van der Waals surface area (Å²) in [5.41, 5.74) is -2.25. The predicted octanol–water partition coefficient (Wildman–Crippen LogP) is 2.09. The minimum absolute atomic E-state index is 0.0540. The summed E-state index contributed by atoms with van der Waals surface area (Å²) in [6.07, 6.45) is 4.23. The second-order valence-electron chi connectivity index (χ2n) is 7.61. The lowest BCUT2D eigenvalue weighted by Crippen LogP contribution is -2.58. The molecule has 0 aromatic rings. The average molecular weight is 256 g/mol. The number of rotatable bonds is 1. The van der Waals surface area contributed by atoms with Crippen LogP contribution in [0.25, 0.3) is 0 Å². The van der Waals surface area contributed by atoms with E-state index in [4.69, 9.17) is 0 Å². The molecule has 106 valence electrons. The highest BCUT2D eigenvalue weighted by Gasteiger charge is 2.54. The van der Waals surface area contributed by atoms with Crippen LogP contribution in [0.3, 0.4) is 0 Å². The van der Waals surface area contributed by atoms with Gasteiger partial charge in [-0.15, -0.1) is 0 Å². The highest BCUT2D eigenvalue weighted by atomic mass is 16.3. The van der Waals surface area contributed by atoms with E-state index >= 15 is 0 Å². The van der Waals surface area contributed by atoms with Crippen LogP contribution in [0.15, 0.2) is 0 Å². The summed E-state index contributed by atoms with van der Waals surface area (Å²) in [7, 11) is 0. The van der Waals surface area contributed by atoms with Crippen molar-refractivity contribution in [3.63, 3.8) is 0 Å². The molecule has 2 saturated carbocycles. The van der Waals surface area contributed by atoms with Gasteiger partial charge in [0, 0.05) is 0 Å². The van der Waals surface area contributed by atoms with E-state index in [1.54, 1.807) is 0 Å². The van der Waals surface area contributed by atoms with Crippen molar-refractivity contribution >= 4 is 0 Å². The van der Waals surface area contributed by atoms with Gasteiger partial charge < -0.3 is 15.3 Å². The molecule has 0 aromatic carbocycles. The van der Waals surface area contributed by atoms with Crippen LogP contribution in [0, 0.1) is 17.8 Å². The molecule has 3 heteroatoms. The molecule has 0 aromatic heterocycles. The maximum absolute atomic E-state index is 10.7. The lowest BCUT2D eigenvalue weighted by molar-refractivity contribution is -0.182. The summed E-state index contributed by atoms with van der Waals surface area (Å²) in [4.78, 5) is 0. The molecule has 3 nitrogen and oxygen atoms in total. The van der Waals surface area contributed by atoms with Gasteiger partial charge in [-0.05, 0) is 71.1 Å². The fourth-order valence-electron chi connectivity index (χ4n) is 4.24. The second kappa shape index (κ2) is 4.19. The van der Waals surface area contributed by atoms with Crippen LogP contribution < -0.4 is 0 Å². The summed E-state index contributed by atoms with van der Waals surface area (Å²) in [5.74, 6) is 0.324. The molecule has 2 fully saturated rings. The van der Waals surface area contributed by atoms with Crippen LogP contribution >= 0.6 is 0 Å². The monoisotopic (exact) mass is 256 g/mol. The molecule has 2 aliphatic carbocycles. The Morgan fingerprint density at radius 2 is 1.67 bits per heavy atom. The van der Waals surface area contributed by atoms with Gasteiger partial charge >= 0.3 is 0 Å². The van der Waals surface area contributed by atoms with E-state index in [9.17, 15) is 15.3 Å². The molecule has 2 rings (SSSR count). The van der Waals surface area contributed by atoms with Gasteiger partial charge in [-0.25, -0.2) is 0 Å². The van der Waals surface area contributed by atoms with Crippen molar-refractivity contribution in [3.8, 4) is 0 Å². The number of fused-ring (bicyclic) bond motifs is 1. The number of hydrogen-bond acceptors (Lipinski definition) is 3. The minimum atomic E-state index is -0.789. The van der Waals surface area contributed by atoms with E-state index in [2.05, 4.69) is 0 Å². The average Bonchev–Trinajstić information content (AvgIpc) is 2.16. The standard InChI is InChI=1S/C15H28O3/c1-13(2,16)10-8-12-11(15(4,18)9-10)6-5-7-14(12,3)17/h10-12,16-18H,5-9H2,1-4H3/t10-,11+,12+,14-,15-/m1/s1. The zero-order valence-electron chi connectivity index (χ0n) is 12.1. The molecule has 0 heterocycles. The van der Waals surface area contributed by atoms with E-state index in [1.165, 1.54) is 0 Å². The van der Waals surface area contributed by atoms with Crippen LogP contribution in [0.4, 0.5) is 0 Å². The quantitative estimate of drug-likeness (QED) is 0.673. The Balaban J connectivity index is 2.29. The van der Waals surface area contributed by atoms with Crippen molar-refractivity contribution in [2.75, 3.05) is 0 Å². The van der Waals surface area contributed by atoms with E-state index in [0.29, 0.717) is 6.42 Å². The van der Waals surface area contributed by atoms with Crippen LogP contribution in [-0.2, 0) is 0 Å². The normalized spacial score (nSPS) is 49.8. The fraction of sp³-hybridized carbons (Fsp3) is 1.00. The second-order valence-corrected chi connectivity index (χ2v) is 7.61. The van der Waals surface area contributed by atoms with Gasteiger partial charge in [-0.1, -0.05) is 6.42 Å². The van der Waals surface area contributed by atoms with Gasteiger partial charge in [-0.2, -0.15) is 0 Å². The first-order valence-corrected chi connectivity index (χ1v) is 7.21. The van der Waals surface area contributed by atoms with Gasteiger partial charge in [0.1, 0.15) is 0 Å². The Hall–Kier alpha value is -0.120. The highest BCUT2D eigenvalue weighted by molar-refractivity contribution is 5.05. The van der Waals surface area contributed by atoms with Crippen molar-refractivity contribution in [2.45, 2.75) is 76.6 Å². The molecule has 0 bridgehead atoms. The highest BCUT2D eigenvalue weighted by Crippen LogP contribution is 2.53. The zero-order chi connectivity index (χ0) is 13.8. The fourth-order valence-corrected chi connectivity index (χ4v) is 4.24. The van der Waals surface area contributed by atoms with Gasteiger partial charge in [0.25, 0.3) is 0 Å². The molecule has 0 radical (unpaired) electrons. The Labute approximate surface area is 110 Å². The Morgan fingerprint density at radius 1 is 1.06 bits per heavy atom. The first kappa shape index (κ1) is 14.3. The summed E-state index contributed by atoms with van der Waals surface area (Å²) >= 11 is 0. The molecular formula is C15H28O3. The Bertz CT molecular complexity index is 314. The maximum atomic E-state index is 10.7. The third-order valence-corrected chi connectivity index (χ3v) is 5.48. The molecular weight excluding hydrogens is 228 g/mol. The van der Waals surface area contributed by atoms with Gasteiger partial charge in [0.05, 0.1) is 16.8 Å². The summed E-state index contributed by atoms with van der Waals surface area (Å²) in [5, 5.41) is 31.5. The SMILES string of the molecule is CC(C)(O)[C@@H]1C[C@H]2[C@H](CCC[C@@]2(C)O)[C@](C)(O)C1. The lowest BCUT2D eigenvalue weighted by Gasteiger charge is -2.55. The first-order valence-electron chi connectivity index (χ1n) is 7.21. The lowest BCUT2D eigenvalue weighted by atomic mass is 9.54. The smallest absolute Gasteiger partial charge is 0.0655 e. The van der Waals surface area contributed by atoms with Crippen molar-refractivity contribution in [1.29, 1.82) is 0 Å². The first-order chi connectivity index (χ1) is 8.04. The van der Waals surface area contributed by atoms with E-state index in [-0.39, 0.29) is 17.8 Å². The summed E-state index contributed by atoms with van der Waals surface area (Å²) < 4.78 is 0. The van der Waals surface area contributed by atoms with E-state index < -0.39 is 16.8 Å². The van der Waals surface area contributed by atoms with Crippen LogP contribution in [0.2, 0.25) is 0 Å². The predicted molar refractivity (Wildman–Crippen MR) is 71.1 cm³/mol. The Morgan fingerprint density at radius 3 is 2.22 bits per heavy atom. The van der Waals surface area contributed by atoms with Gasteiger partial charge in [0.15, 0.2) is 0 Å². The van der Waals surface area contributed by atoms with Crippen molar-refractivity contribution < 1.29 is 15.3 Å². The molecule has 0 saturated heterocycles. The molecule has 2 aliphatic rings. The number of aliphatic hydroxyl groups is 3. The molecule has 5 atom stereocenters. The molecule has 0 amide bonds. The van der Waals surface area contributed by atoms with Crippen LogP contribution in [-0.4, -0.2) is 32.1 Å². The topological polar surface area (TPSA) is 60.7 Å². The Kier molecular flexibility index (Phi) is 3.33. The summed E-state index contributed by atoms with van der Waals surface area (Å²) in [6, 6.07) is 0. The van der Waals surface area contributed by atoms with Crippen molar-refractivity contribution in [2.24, 2.45) is 17.8 Å². The number of hydrogen-bond donors (Lipinski definition) is 3. The molecule has 18 heavy (non-hydrogen) atoms. The van der Waals surface area contributed by atoms with E-state index in [1.807, 2.05) is 27.7 Å². The molecule has 3 N–H and O–H groups in total. The third-order valence-electron chi connectivity index (χ3n) is 5.48. The zero-order valence-corrected chi connectivity index (χ0v) is 12.1. The summed E-state index contributed by atoms with van der Waals surface area (Å²) in [6.45, 7) is 7.40. The van der Waals surface area contributed by atoms with Crippen LogP contribution in [0.5, 0.6) is 0 Å². The van der Waals surface area contributed by atoms with Gasteiger partial charge in [-0.3, -0.25) is 0 Å². The van der Waals surface area contributed by atoms with Crippen molar-refractivity contribution in [3.05, 3.63) is 0 Å². The maximum Gasteiger partial charge on any atom is 0.0655 e. The molecule has 0 unspecified atom stereocenters. The van der Waals surface area contributed by atoms with Crippen LogP contribution in [0.1, 0.15) is 59.8 Å². The van der Waals surface area contributed by atoms with Gasteiger partial charge in [0.2, 0.25) is 0 Å².